The van der Waals surface area contributed by atoms with Crippen molar-refractivity contribution in [2.45, 2.75) is 12.5 Å². The van der Waals surface area contributed by atoms with Gasteiger partial charge in [0.25, 0.3) is 0 Å². The summed E-state index contributed by atoms with van der Waals surface area (Å²) in [4.78, 5) is 24.6. The minimum absolute atomic E-state index is 0.107. The first-order valence-corrected chi connectivity index (χ1v) is 7.82. The predicted molar refractivity (Wildman–Crippen MR) is 80.5 cm³/mol. The second-order valence-corrected chi connectivity index (χ2v) is 6.19. The van der Waals surface area contributed by atoms with Gasteiger partial charge in [-0.15, -0.1) is 0 Å². The molecule has 1 aliphatic rings. The highest BCUT2D eigenvalue weighted by Crippen LogP contribution is 2.22. The number of amides is 2. The van der Waals surface area contributed by atoms with Crippen molar-refractivity contribution in [3.63, 3.8) is 0 Å². The van der Waals surface area contributed by atoms with E-state index in [4.69, 9.17) is 16.7 Å². The van der Waals surface area contributed by atoms with Crippen molar-refractivity contribution in [2.75, 3.05) is 23.4 Å². The summed E-state index contributed by atoms with van der Waals surface area (Å²) in [7, 11) is 0. The van der Waals surface area contributed by atoms with Gasteiger partial charge in [-0.1, -0.05) is 11.6 Å². The Morgan fingerprint density at radius 2 is 2.24 bits per heavy atom. The highest BCUT2D eigenvalue weighted by Gasteiger charge is 2.28. The minimum Gasteiger partial charge on any atom is -0.481 e. The number of carbonyl (C=O) groups excluding carboxylic acids is 1. The Morgan fingerprint density at radius 3 is 2.90 bits per heavy atom. The van der Waals surface area contributed by atoms with E-state index in [1.807, 2.05) is 0 Å². The molecule has 0 radical (unpaired) electrons. The molecule has 0 aromatic heterocycles. The average molecular weight is 333 g/mol. The zero-order valence-corrected chi connectivity index (χ0v) is 12.6. The summed E-state index contributed by atoms with van der Waals surface area (Å²) in [5, 5.41) is 11.6. The number of thioether (sulfide) groups is 1. The van der Waals surface area contributed by atoms with Gasteiger partial charge in [0.1, 0.15) is 5.82 Å². The predicted octanol–water partition coefficient (Wildman–Crippen LogP) is 2.90. The number of nitrogens with zero attached hydrogens (tertiary/aromatic N) is 1. The Kier molecular flexibility index (Phi) is 5.30. The van der Waals surface area contributed by atoms with E-state index in [-0.39, 0.29) is 23.2 Å². The number of hydrogen-bond acceptors (Lipinski definition) is 3. The number of carbonyl (C=O) groups is 2. The van der Waals surface area contributed by atoms with E-state index in [0.29, 0.717) is 12.3 Å². The van der Waals surface area contributed by atoms with Gasteiger partial charge in [0, 0.05) is 28.8 Å². The van der Waals surface area contributed by atoms with Crippen molar-refractivity contribution in [3.05, 3.63) is 29.0 Å². The topological polar surface area (TPSA) is 69.6 Å². The van der Waals surface area contributed by atoms with Crippen LogP contribution in [0.25, 0.3) is 0 Å². The first-order valence-electron chi connectivity index (χ1n) is 6.29. The lowest BCUT2D eigenvalue weighted by Crippen LogP contribution is -2.48. The summed E-state index contributed by atoms with van der Waals surface area (Å²) in [6.45, 7) is 0.456. The number of aliphatic carboxylic acids is 1. The van der Waals surface area contributed by atoms with Gasteiger partial charge in [-0.25, -0.2) is 9.18 Å². The molecule has 1 aromatic carbocycles. The van der Waals surface area contributed by atoms with Crippen LogP contribution >= 0.6 is 23.4 Å². The Labute approximate surface area is 130 Å². The Balaban J connectivity index is 2.08. The molecule has 114 valence electrons. The molecule has 1 unspecified atom stereocenters. The Bertz CT molecular complexity index is 538. The molecular formula is C13H14ClFN2O3S. The van der Waals surface area contributed by atoms with Gasteiger partial charge in [0.15, 0.2) is 0 Å². The minimum atomic E-state index is -0.950. The SMILES string of the molecule is O=C(O)CC1CSCCN1C(=O)Nc1cc(F)cc(Cl)c1. The summed E-state index contributed by atoms with van der Waals surface area (Å²) < 4.78 is 13.2. The lowest BCUT2D eigenvalue weighted by molar-refractivity contribution is -0.137. The van der Waals surface area contributed by atoms with E-state index in [9.17, 15) is 14.0 Å². The fraction of sp³-hybridized carbons (Fsp3) is 0.385. The van der Waals surface area contributed by atoms with Crippen LogP contribution in [0.15, 0.2) is 18.2 Å². The molecule has 8 heteroatoms. The molecule has 1 fully saturated rings. The summed E-state index contributed by atoms with van der Waals surface area (Å²) in [5.41, 5.74) is 0.248. The summed E-state index contributed by atoms with van der Waals surface area (Å²) in [6.07, 6.45) is -0.107. The molecule has 1 saturated heterocycles. The fourth-order valence-electron chi connectivity index (χ4n) is 2.11. The highest BCUT2D eigenvalue weighted by atomic mass is 35.5. The first-order chi connectivity index (χ1) is 9.95. The van der Waals surface area contributed by atoms with Crippen molar-refractivity contribution < 1.29 is 19.1 Å². The second kappa shape index (κ2) is 7.00. The third kappa shape index (κ3) is 4.50. The number of benzene rings is 1. The number of anilines is 1. The van der Waals surface area contributed by atoms with Gasteiger partial charge in [0.2, 0.25) is 0 Å². The summed E-state index contributed by atoms with van der Waals surface area (Å²) >= 11 is 7.34. The van der Waals surface area contributed by atoms with Crippen molar-refractivity contribution in [2.24, 2.45) is 0 Å². The average Bonchev–Trinajstić information content (AvgIpc) is 2.37. The maximum Gasteiger partial charge on any atom is 0.322 e. The van der Waals surface area contributed by atoms with Crippen LogP contribution in [0.4, 0.5) is 14.9 Å². The van der Waals surface area contributed by atoms with Gasteiger partial charge in [0.05, 0.1) is 12.5 Å². The van der Waals surface area contributed by atoms with Crippen molar-refractivity contribution in [1.29, 1.82) is 0 Å². The number of carboxylic acids is 1. The molecule has 2 N–H and O–H groups in total. The summed E-state index contributed by atoms with van der Waals surface area (Å²) in [6, 6.07) is 2.93. The first kappa shape index (κ1) is 15.9. The lowest BCUT2D eigenvalue weighted by atomic mass is 10.2. The number of urea groups is 1. The zero-order chi connectivity index (χ0) is 15.4. The largest absolute Gasteiger partial charge is 0.481 e. The normalized spacial score (nSPS) is 18.4. The number of nitrogens with one attached hydrogen (secondary N) is 1. The maximum atomic E-state index is 13.2. The van der Waals surface area contributed by atoms with Gasteiger partial charge >= 0.3 is 12.0 Å². The lowest BCUT2D eigenvalue weighted by Gasteiger charge is -2.34. The van der Waals surface area contributed by atoms with Crippen LogP contribution in [0.1, 0.15) is 6.42 Å². The third-order valence-corrected chi connectivity index (χ3v) is 4.32. The van der Waals surface area contributed by atoms with E-state index in [1.54, 1.807) is 11.8 Å². The molecule has 5 nitrogen and oxygen atoms in total. The molecule has 0 spiro atoms. The molecule has 1 aromatic rings. The number of halogens is 2. The van der Waals surface area contributed by atoms with E-state index >= 15 is 0 Å². The Hall–Kier alpha value is -1.47. The molecule has 1 atom stereocenters. The molecule has 0 bridgehead atoms. The number of rotatable bonds is 3. The molecule has 21 heavy (non-hydrogen) atoms. The van der Waals surface area contributed by atoms with Crippen LogP contribution in [0.2, 0.25) is 5.02 Å². The fourth-order valence-corrected chi connectivity index (χ4v) is 3.40. The smallest absolute Gasteiger partial charge is 0.322 e. The molecule has 2 amide bonds. The molecule has 1 heterocycles. The number of hydrogen-bond donors (Lipinski definition) is 2. The highest BCUT2D eigenvalue weighted by molar-refractivity contribution is 7.99. The van der Waals surface area contributed by atoms with E-state index in [1.165, 1.54) is 11.0 Å². The molecular weight excluding hydrogens is 319 g/mol. The van der Waals surface area contributed by atoms with Gasteiger partial charge < -0.3 is 15.3 Å². The van der Waals surface area contributed by atoms with Crippen LogP contribution in [0.3, 0.4) is 0 Å². The van der Waals surface area contributed by atoms with Crippen LogP contribution in [-0.4, -0.2) is 46.1 Å². The van der Waals surface area contributed by atoms with E-state index in [0.717, 1.165) is 17.9 Å². The van der Waals surface area contributed by atoms with Crippen LogP contribution in [0.5, 0.6) is 0 Å². The molecule has 1 aliphatic heterocycles. The van der Waals surface area contributed by atoms with Gasteiger partial charge in [-0.3, -0.25) is 4.79 Å². The molecule has 0 aliphatic carbocycles. The van der Waals surface area contributed by atoms with Crippen LogP contribution in [0, 0.1) is 5.82 Å². The monoisotopic (exact) mass is 332 g/mol. The van der Waals surface area contributed by atoms with Crippen LogP contribution < -0.4 is 5.32 Å². The van der Waals surface area contributed by atoms with E-state index in [2.05, 4.69) is 5.32 Å². The zero-order valence-electron chi connectivity index (χ0n) is 11.0. The Morgan fingerprint density at radius 1 is 1.48 bits per heavy atom. The van der Waals surface area contributed by atoms with Crippen molar-refractivity contribution in [3.8, 4) is 0 Å². The standard InChI is InChI=1S/C13H14ClFN2O3S/c14-8-3-9(15)5-10(4-8)16-13(20)17-1-2-21-7-11(17)6-12(18)19/h3-5,11H,1-2,6-7H2,(H,16,20)(H,18,19). The maximum absolute atomic E-state index is 13.2. The molecule has 0 saturated carbocycles. The van der Waals surface area contributed by atoms with Gasteiger partial charge in [-0.2, -0.15) is 11.8 Å². The van der Waals surface area contributed by atoms with Crippen molar-refractivity contribution >= 4 is 41.1 Å². The third-order valence-electron chi connectivity index (χ3n) is 3.01. The van der Waals surface area contributed by atoms with Gasteiger partial charge in [-0.05, 0) is 18.2 Å². The summed E-state index contributed by atoms with van der Waals surface area (Å²) in [5.74, 6) is -0.181. The van der Waals surface area contributed by atoms with Crippen molar-refractivity contribution in [1.82, 2.24) is 4.90 Å². The quantitative estimate of drug-likeness (QED) is 0.893. The molecule has 2 rings (SSSR count). The number of carboxylic acid groups (broad SMARTS) is 1. The second-order valence-electron chi connectivity index (χ2n) is 4.61. The van der Waals surface area contributed by atoms with Crippen LogP contribution in [-0.2, 0) is 4.79 Å². The van der Waals surface area contributed by atoms with E-state index < -0.39 is 17.8 Å².